The molecule has 0 radical (unpaired) electrons. The van der Waals surface area contributed by atoms with E-state index in [9.17, 15) is 0 Å². The van der Waals surface area contributed by atoms with Gasteiger partial charge in [0.05, 0.1) is 0 Å². The largest absolute Gasteiger partial charge is 0.383 e. The standard InChI is InChI=1S/C10H17N5/c1-4-15(6-7(2)3)9-5-8(11)13-10(12)14-9/h5H,2,4,6H2,1,3H3,(H4,11,12,13,14). The van der Waals surface area contributed by atoms with Crippen molar-refractivity contribution in [2.75, 3.05) is 29.5 Å². The maximum atomic E-state index is 5.60. The van der Waals surface area contributed by atoms with Gasteiger partial charge in [-0.25, -0.2) is 0 Å². The SMILES string of the molecule is C=C(C)CN(CC)c1cc(N)nc(N)n1. The van der Waals surface area contributed by atoms with E-state index in [1.807, 2.05) is 18.7 Å². The molecule has 5 nitrogen and oxygen atoms in total. The van der Waals surface area contributed by atoms with Crippen LogP contribution in [0.1, 0.15) is 13.8 Å². The highest BCUT2D eigenvalue weighted by atomic mass is 15.2. The molecule has 0 aliphatic carbocycles. The molecule has 1 heterocycles. The van der Waals surface area contributed by atoms with Gasteiger partial charge in [-0.1, -0.05) is 12.2 Å². The Morgan fingerprint density at radius 1 is 1.47 bits per heavy atom. The molecular weight excluding hydrogens is 190 g/mol. The molecule has 5 heteroatoms. The van der Waals surface area contributed by atoms with Crippen LogP contribution in [0.15, 0.2) is 18.2 Å². The molecule has 82 valence electrons. The second-order valence-corrected chi connectivity index (χ2v) is 3.48. The van der Waals surface area contributed by atoms with Crippen molar-refractivity contribution >= 4 is 17.6 Å². The molecule has 0 saturated carbocycles. The highest BCUT2D eigenvalue weighted by molar-refractivity contribution is 5.50. The molecule has 0 atom stereocenters. The van der Waals surface area contributed by atoms with Crippen LogP contribution in [0.4, 0.5) is 17.6 Å². The second kappa shape index (κ2) is 4.63. The highest BCUT2D eigenvalue weighted by Gasteiger charge is 2.07. The molecule has 0 aliphatic heterocycles. The zero-order valence-electron chi connectivity index (χ0n) is 9.20. The van der Waals surface area contributed by atoms with Crippen LogP contribution in [0.3, 0.4) is 0 Å². The van der Waals surface area contributed by atoms with Gasteiger partial charge in [0.2, 0.25) is 5.95 Å². The molecule has 0 aromatic carbocycles. The minimum atomic E-state index is 0.199. The highest BCUT2D eigenvalue weighted by Crippen LogP contribution is 2.15. The van der Waals surface area contributed by atoms with Gasteiger partial charge >= 0.3 is 0 Å². The number of nitrogens with two attached hydrogens (primary N) is 2. The Morgan fingerprint density at radius 2 is 2.13 bits per heavy atom. The number of aromatic nitrogens is 2. The fraction of sp³-hybridized carbons (Fsp3) is 0.400. The predicted molar refractivity (Wildman–Crippen MR) is 63.6 cm³/mol. The van der Waals surface area contributed by atoms with Gasteiger partial charge < -0.3 is 16.4 Å². The second-order valence-electron chi connectivity index (χ2n) is 3.48. The van der Waals surface area contributed by atoms with Crippen LogP contribution in [-0.4, -0.2) is 23.1 Å². The normalized spacial score (nSPS) is 10.0. The summed E-state index contributed by atoms with van der Waals surface area (Å²) in [5.41, 5.74) is 12.2. The van der Waals surface area contributed by atoms with Crippen molar-refractivity contribution in [3.8, 4) is 0 Å². The first-order valence-electron chi connectivity index (χ1n) is 4.82. The van der Waals surface area contributed by atoms with Gasteiger partial charge in [0.1, 0.15) is 11.6 Å². The maximum absolute atomic E-state index is 5.60. The zero-order chi connectivity index (χ0) is 11.4. The monoisotopic (exact) mass is 207 g/mol. The quantitative estimate of drug-likeness (QED) is 0.721. The first-order chi connectivity index (χ1) is 7.02. The summed E-state index contributed by atoms with van der Waals surface area (Å²) in [5.74, 6) is 1.33. The maximum Gasteiger partial charge on any atom is 0.223 e. The van der Waals surface area contributed by atoms with Gasteiger partial charge in [0, 0.05) is 19.2 Å². The van der Waals surface area contributed by atoms with Crippen molar-refractivity contribution in [2.45, 2.75) is 13.8 Å². The van der Waals surface area contributed by atoms with Crippen molar-refractivity contribution in [3.05, 3.63) is 18.2 Å². The first-order valence-corrected chi connectivity index (χ1v) is 4.82. The Hall–Kier alpha value is -1.78. The number of hydrogen-bond donors (Lipinski definition) is 2. The van der Waals surface area contributed by atoms with Crippen molar-refractivity contribution in [1.82, 2.24) is 9.97 Å². The molecule has 0 bridgehead atoms. The Kier molecular flexibility index (Phi) is 3.49. The van der Waals surface area contributed by atoms with Crippen LogP contribution in [-0.2, 0) is 0 Å². The van der Waals surface area contributed by atoms with Gasteiger partial charge in [-0.2, -0.15) is 9.97 Å². The van der Waals surface area contributed by atoms with E-state index in [0.717, 1.165) is 24.5 Å². The van der Waals surface area contributed by atoms with Crippen LogP contribution in [0.25, 0.3) is 0 Å². The summed E-state index contributed by atoms with van der Waals surface area (Å²) >= 11 is 0. The molecule has 1 aromatic heterocycles. The lowest BCUT2D eigenvalue weighted by atomic mass is 10.3. The average Bonchev–Trinajstić information content (AvgIpc) is 2.12. The lowest BCUT2D eigenvalue weighted by Gasteiger charge is -2.22. The first kappa shape index (κ1) is 11.3. The van der Waals surface area contributed by atoms with Crippen molar-refractivity contribution in [1.29, 1.82) is 0 Å². The van der Waals surface area contributed by atoms with E-state index in [2.05, 4.69) is 16.5 Å². The molecule has 0 saturated heterocycles. The smallest absolute Gasteiger partial charge is 0.223 e. The average molecular weight is 207 g/mol. The zero-order valence-corrected chi connectivity index (χ0v) is 9.20. The van der Waals surface area contributed by atoms with Crippen LogP contribution >= 0.6 is 0 Å². The molecule has 0 aliphatic rings. The Morgan fingerprint density at radius 3 is 2.60 bits per heavy atom. The van der Waals surface area contributed by atoms with Gasteiger partial charge in [0.15, 0.2) is 0 Å². The van der Waals surface area contributed by atoms with Crippen molar-refractivity contribution in [3.63, 3.8) is 0 Å². The number of hydrogen-bond acceptors (Lipinski definition) is 5. The lowest BCUT2D eigenvalue weighted by Crippen LogP contribution is -2.26. The molecule has 1 aromatic rings. The lowest BCUT2D eigenvalue weighted by molar-refractivity contribution is 0.857. The molecular formula is C10H17N5. The van der Waals surface area contributed by atoms with Crippen LogP contribution in [0.2, 0.25) is 0 Å². The minimum absolute atomic E-state index is 0.199. The van der Waals surface area contributed by atoms with Crippen LogP contribution in [0.5, 0.6) is 0 Å². The number of rotatable bonds is 4. The number of likely N-dealkylation sites (N-methyl/N-ethyl adjacent to an activating group) is 1. The molecule has 0 fully saturated rings. The topological polar surface area (TPSA) is 81.1 Å². The van der Waals surface area contributed by atoms with E-state index in [4.69, 9.17) is 11.5 Å². The van der Waals surface area contributed by atoms with E-state index in [0.29, 0.717) is 5.82 Å². The summed E-state index contributed by atoms with van der Waals surface area (Å²) in [6.07, 6.45) is 0. The summed E-state index contributed by atoms with van der Waals surface area (Å²) < 4.78 is 0. The Balaban J connectivity index is 2.95. The van der Waals surface area contributed by atoms with E-state index >= 15 is 0 Å². The van der Waals surface area contributed by atoms with Gasteiger partial charge in [-0.15, -0.1) is 0 Å². The number of nitrogens with zero attached hydrogens (tertiary/aromatic N) is 3. The Labute approximate surface area is 89.8 Å². The summed E-state index contributed by atoms with van der Waals surface area (Å²) in [6.45, 7) is 9.44. The van der Waals surface area contributed by atoms with E-state index in [1.54, 1.807) is 6.07 Å². The van der Waals surface area contributed by atoms with Gasteiger partial charge in [0.25, 0.3) is 0 Å². The number of nitrogen functional groups attached to an aromatic ring is 2. The third-order valence-electron chi connectivity index (χ3n) is 1.92. The van der Waals surface area contributed by atoms with Gasteiger partial charge in [-0.05, 0) is 13.8 Å². The van der Waals surface area contributed by atoms with Crippen LogP contribution in [0, 0.1) is 0 Å². The van der Waals surface area contributed by atoms with Crippen molar-refractivity contribution < 1.29 is 0 Å². The van der Waals surface area contributed by atoms with Crippen molar-refractivity contribution in [2.24, 2.45) is 0 Å². The fourth-order valence-electron chi connectivity index (χ4n) is 1.31. The summed E-state index contributed by atoms with van der Waals surface area (Å²) in [4.78, 5) is 9.99. The van der Waals surface area contributed by atoms with E-state index < -0.39 is 0 Å². The van der Waals surface area contributed by atoms with Crippen LogP contribution < -0.4 is 16.4 Å². The summed E-state index contributed by atoms with van der Waals surface area (Å²) in [6, 6.07) is 1.71. The molecule has 1 rings (SSSR count). The minimum Gasteiger partial charge on any atom is -0.383 e. The summed E-state index contributed by atoms with van der Waals surface area (Å²) in [7, 11) is 0. The molecule has 15 heavy (non-hydrogen) atoms. The van der Waals surface area contributed by atoms with Gasteiger partial charge in [-0.3, -0.25) is 0 Å². The molecule has 0 amide bonds. The Bertz CT molecular complexity index is 341. The van der Waals surface area contributed by atoms with E-state index in [1.165, 1.54) is 0 Å². The van der Waals surface area contributed by atoms with E-state index in [-0.39, 0.29) is 5.95 Å². The molecule has 0 unspecified atom stereocenters. The third kappa shape index (κ3) is 3.12. The fourth-order valence-corrected chi connectivity index (χ4v) is 1.31. The molecule has 0 spiro atoms. The summed E-state index contributed by atoms with van der Waals surface area (Å²) in [5, 5.41) is 0. The predicted octanol–water partition coefficient (Wildman–Crippen LogP) is 1.04. The number of anilines is 3. The third-order valence-corrected chi connectivity index (χ3v) is 1.92. The molecule has 4 N–H and O–H groups in total.